The van der Waals surface area contributed by atoms with Crippen LogP contribution >= 0.6 is 0 Å². The Kier molecular flexibility index (Phi) is 4.63. The summed E-state index contributed by atoms with van der Waals surface area (Å²) in [6.07, 6.45) is 5.41. The highest BCUT2D eigenvalue weighted by Gasteiger charge is 2.18. The predicted molar refractivity (Wildman–Crippen MR) is 67.9 cm³/mol. The van der Waals surface area contributed by atoms with Crippen LogP contribution in [0.5, 0.6) is 0 Å². The van der Waals surface area contributed by atoms with E-state index in [0.29, 0.717) is 12.7 Å². The van der Waals surface area contributed by atoms with E-state index in [1.807, 2.05) is 6.92 Å². The van der Waals surface area contributed by atoms with Gasteiger partial charge >= 0.3 is 0 Å². The average Bonchev–Trinajstić information content (AvgIpc) is 2.58. The zero-order chi connectivity index (χ0) is 12.1. The Labute approximate surface area is 104 Å². The van der Waals surface area contributed by atoms with E-state index in [2.05, 4.69) is 18.3 Å². The molecule has 1 aromatic heterocycles. The van der Waals surface area contributed by atoms with Crippen LogP contribution < -0.4 is 5.32 Å². The molecule has 3 heteroatoms. The summed E-state index contributed by atoms with van der Waals surface area (Å²) in [5.41, 5.74) is 1.20. The van der Waals surface area contributed by atoms with Gasteiger partial charge in [-0.25, -0.2) is 0 Å². The molecule has 1 fully saturated rings. The predicted octanol–water partition coefficient (Wildman–Crippen LogP) is 3.16. The molecule has 1 heterocycles. The molecule has 2 rings (SSSR count). The first-order valence-corrected chi connectivity index (χ1v) is 6.70. The Morgan fingerprint density at radius 1 is 1.47 bits per heavy atom. The fourth-order valence-corrected chi connectivity index (χ4v) is 1.95. The maximum atomic E-state index is 5.80. The van der Waals surface area contributed by atoms with Crippen LogP contribution in [0.2, 0.25) is 0 Å². The first kappa shape index (κ1) is 12.7. The summed E-state index contributed by atoms with van der Waals surface area (Å²) in [4.78, 5) is 0. The molecule has 0 aromatic carbocycles. The molecule has 1 aliphatic carbocycles. The molecular weight excluding hydrogens is 214 g/mol. The SMILES string of the molecule is CCCNCc1cc(COC2CCC2)c(C)o1. The van der Waals surface area contributed by atoms with Gasteiger partial charge in [0, 0.05) is 5.56 Å². The van der Waals surface area contributed by atoms with Crippen LogP contribution in [-0.4, -0.2) is 12.6 Å². The topological polar surface area (TPSA) is 34.4 Å². The van der Waals surface area contributed by atoms with Crippen LogP contribution in [0.25, 0.3) is 0 Å². The molecule has 0 bridgehead atoms. The van der Waals surface area contributed by atoms with Crippen molar-refractivity contribution < 1.29 is 9.15 Å². The molecule has 1 N–H and O–H groups in total. The lowest BCUT2D eigenvalue weighted by Crippen LogP contribution is -2.21. The van der Waals surface area contributed by atoms with Gasteiger partial charge in [-0.15, -0.1) is 0 Å². The minimum absolute atomic E-state index is 0.492. The van der Waals surface area contributed by atoms with Crippen molar-refractivity contribution in [1.29, 1.82) is 0 Å². The largest absolute Gasteiger partial charge is 0.465 e. The second-order valence-electron chi connectivity index (χ2n) is 4.83. The highest BCUT2D eigenvalue weighted by Crippen LogP contribution is 2.24. The van der Waals surface area contributed by atoms with Gasteiger partial charge in [-0.1, -0.05) is 6.92 Å². The van der Waals surface area contributed by atoms with E-state index in [1.54, 1.807) is 0 Å². The molecule has 96 valence electrons. The monoisotopic (exact) mass is 237 g/mol. The fraction of sp³-hybridized carbons (Fsp3) is 0.714. The molecule has 1 saturated carbocycles. The Bertz CT molecular complexity index is 342. The summed E-state index contributed by atoms with van der Waals surface area (Å²) >= 11 is 0. The van der Waals surface area contributed by atoms with E-state index < -0.39 is 0 Å². The molecule has 0 radical (unpaired) electrons. The average molecular weight is 237 g/mol. The van der Waals surface area contributed by atoms with E-state index >= 15 is 0 Å². The van der Waals surface area contributed by atoms with Crippen molar-refractivity contribution in [1.82, 2.24) is 5.32 Å². The van der Waals surface area contributed by atoms with Gasteiger partial charge in [-0.2, -0.15) is 0 Å². The lowest BCUT2D eigenvalue weighted by molar-refractivity contribution is -0.00908. The number of hydrogen-bond donors (Lipinski definition) is 1. The van der Waals surface area contributed by atoms with Gasteiger partial charge in [0.2, 0.25) is 0 Å². The maximum absolute atomic E-state index is 5.80. The second kappa shape index (κ2) is 6.22. The maximum Gasteiger partial charge on any atom is 0.118 e. The molecule has 0 spiro atoms. The summed E-state index contributed by atoms with van der Waals surface area (Å²) in [5, 5.41) is 3.34. The summed E-state index contributed by atoms with van der Waals surface area (Å²) in [6, 6.07) is 2.12. The second-order valence-corrected chi connectivity index (χ2v) is 4.83. The highest BCUT2D eigenvalue weighted by molar-refractivity contribution is 5.20. The quantitative estimate of drug-likeness (QED) is 0.740. The third-order valence-corrected chi connectivity index (χ3v) is 3.32. The highest BCUT2D eigenvalue weighted by atomic mass is 16.5. The van der Waals surface area contributed by atoms with Crippen LogP contribution in [0, 0.1) is 6.92 Å². The van der Waals surface area contributed by atoms with Crippen molar-refractivity contribution in [2.45, 2.75) is 58.8 Å². The zero-order valence-corrected chi connectivity index (χ0v) is 10.9. The van der Waals surface area contributed by atoms with E-state index in [9.17, 15) is 0 Å². The van der Waals surface area contributed by atoms with Crippen molar-refractivity contribution in [3.63, 3.8) is 0 Å². The first-order valence-electron chi connectivity index (χ1n) is 6.70. The molecule has 0 atom stereocenters. The minimum Gasteiger partial charge on any atom is -0.465 e. The number of nitrogens with one attached hydrogen (secondary N) is 1. The summed E-state index contributed by atoms with van der Waals surface area (Å²) < 4.78 is 11.5. The van der Waals surface area contributed by atoms with Crippen molar-refractivity contribution in [3.8, 4) is 0 Å². The first-order chi connectivity index (χ1) is 8.29. The number of rotatable bonds is 7. The number of furan rings is 1. The third kappa shape index (κ3) is 3.58. The number of aryl methyl sites for hydroxylation is 1. The Hall–Kier alpha value is -0.800. The Balaban J connectivity index is 1.79. The minimum atomic E-state index is 0.492. The molecule has 1 aliphatic rings. The normalized spacial score (nSPS) is 16.1. The van der Waals surface area contributed by atoms with Gasteiger partial charge < -0.3 is 14.5 Å². The van der Waals surface area contributed by atoms with Crippen LogP contribution in [0.15, 0.2) is 10.5 Å². The Morgan fingerprint density at radius 3 is 2.94 bits per heavy atom. The number of hydrogen-bond acceptors (Lipinski definition) is 3. The molecule has 0 aliphatic heterocycles. The van der Waals surface area contributed by atoms with Gasteiger partial charge in [0.15, 0.2) is 0 Å². The molecule has 0 unspecified atom stereocenters. The third-order valence-electron chi connectivity index (χ3n) is 3.32. The number of ether oxygens (including phenoxy) is 1. The molecule has 0 saturated heterocycles. The van der Waals surface area contributed by atoms with Crippen LogP contribution in [0.1, 0.15) is 49.7 Å². The molecule has 0 amide bonds. The van der Waals surface area contributed by atoms with Crippen LogP contribution in [-0.2, 0) is 17.9 Å². The van der Waals surface area contributed by atoms with Crippen molar-refractivity contribution in [2.75, 3.05) is 6.54 Å². The van der Waals surface area contributed by atoms with E-state index in [-0.39, 0.29) is 0 Å². The summed E-state index contributed by atoms with van der Waals surface area (Å²) in [5.74, 6) is 2.01. The van der Waals surface area contributed by atoms with Crippen LogP contribution in [0.3, 0.4) is 0 Å². The van der Waals surface area contributed by atoms with Gasteiger partial charge in [0.1, 0.15) is 11.5 Å². The Morgan fingerprint density at radius 2 is 2.29 bits per heavy atom. The lowest BCUT2D eigenvalue weighted by Gasteiger charge is -2.25. The summed E-state index contributed by atoms with van der Waals surface area (Å²) in [7, 11) is 0. The van der Waals surface area contributed by atoms with Gasteiger partial charge in [0.25, 0.3) is 0 Å². The lowest BCUT2D eigenvalue weighted by atomic mass is 9.96. The van der Waals surface area contributed by atoms with Crippen molar-refractivity contribution >= 4 is 0 Å². The van der Waals surface area contributed by atoms with E-state index in [0.717, 1.165) is 31.0 Å². The standard InChI is InChI=1S/C14H23NO2/c1-3-7-15-9-14-8-12(11(2)17-14)10-16-13-5-4-6-13/h8,13,15H,3-7,9-10H2,1-2H3. The van der Waals surface area contributed by atoms with E-state index in [4.69, 9.17) is 9.15 Å². The van der Waals surface area contributed by atoms with Crippen molar-refractivity contribution in [3.05, 3.63) is 23.2 Å². The van der Waals surface area contributed by atoms with Gasteiger partial charge in [-0.05, 0) is 45.2 Å². The van der Waals surface area contributed by atoms with Crippen molar-refractivity contribution in [2.24, 2.45) is 0 Å². The zero-order valence-electron chi connectivity index (χ0n) is 10.9. The molecular formula is C14H23NO2. The summed E-state index contributed by atoms with van der Waals surface area (Å²) in [6.45, 7) is 6.74. The van der Waals surface area contributed by atoms with Crippen LogP contribution in [0.4, 0.5) is 0 Å². The molecule has 17 heavy (non-hydrogen) atoms. The molecule has 1 aromatic rings. The van der Waals surface area contributed by atoms with E-state index in [1.165, 1.54) is 24.8 Å². The van der Waals surface area contributed by atoms with Gasteiger partial charge in [0.05, 0.1) is 19.3 Å². The van der Waals surface area contributed by atoms with Gasteiger partial charge in [-0.3, -0.25) is 0 Å². The fourth-order valence-electron chi connectivity index (χ4n) is 1.95. The smallest absolute Gasteiger partial charge is 0.118 e. The molecule has 3 nitrogen and oxygen atoms in total.